The number of amides is 1. The van der Waals surface area contributed by atoms with E-state index in [4.69, 9.17) is 14.2 Å². The quantitative estimate of drug-likeness (QED) is 0.772. The number of carbonyl (C=O) groups is 2. The third-order valence-electron chi connectivity index (χ3n) is 4.84. The number of nitrogens with zero attached hydrogens (tertiary/aromatic N) is 1. The maximum atomic E-state index is 12.9. The molecule has 0 unspecified atom stereocenters. The number of methoxy groups -OCH3 is 3. The van der Waals surface area contributed by atoms with Crippen LogP contribution in [0.2, 0.25) is 0 Å². The van der Waals surface area contributed by atoms with Gasteiger partial charge in [0.05, 0.1) is 39.1 Å². The van der Waals surface area contributed by atoms with Gasteiger partial charge in [-0.3, -0.25) is 4.79 Å². The molecule has 0 aromatic heterocycles. The van der Waals surface area contributed by atoms with Gasteiger partial charge in [0.25, 0.3) is 0 Å². The standard InChI is InChI=1S/C21H24N2O5/c1-13-9-14-7-5-6-8-17(14)23(13)20(24)12-22-16-11-19(27-3)18(26-2)10-15(16)21(25)28-4/h5-8,10-11,13,22H,9,12H2,1-4H3/t13-/m1/s1. The van der Waals surface area contributed by atoms with E-state index in [1.54, 1.807) is 11.0 Å². The lowest BCUT2D eigenvalue weighted by atomic mass is 10.1. The molecule has 1 atom stereocenters. The smallest absolute Gasteiger partial charge is 0.340 e. The summed E-state index contributed by atoms with van der Waals surface area (Å²) in [6.07, 6.45) is 0.825. The van der Waals surface area contributed by atoms with Gasteiger partial charge in [-0.2, -0.15) is 0 Å². The Labute approximate surface area is 164 Å². The average Bonchev–Trinajstić information content (AvgIpc) is 3.06. The lowest BCUT2D eigenvalue weighted by molar-refractivity contribution is -0.117. The molecule has 148 valence electrons. The summed E-state index contributed by atoms with van der Waals surface area (Å²) < 4.78 is 15.4. The third-order valence-corrected chi connectivity index (χ3v) is 4.84. The normalized spacial score (nSPS) is 15.0. The number of ether oxygens (including phenoxy) is 3. The lowest BCUT2D eigenvalue weighted by Crippen LogP contribution is -2.39. The number of esters is 1. The number of hydrogen-bond donors (Lipinski definition) is 1. The van der Waals surface area contributed by atoms with E-state index in [1.807, 2.05) is 31.2 Å². The molecule has 0 spiro atoms. The Hall–Kier alpha value is -3.22. The highest BCUT2D eigenvalue weighted by Gasteiger charge is 2.30. The van der Waals surface area contributed by atoms with Gasteiger partial charge < -0.3 is 24.4 Å². The molecule has 7 nitrogen and oxygen atoms in total. The number of fused-ring (bicyclic) bond motifs is 1. The molecular formula is C21H24N2O5. The number of rotatable bonds is 6. The molecule has 1 aliphatic heterocycles. The topological polar surface area (TPSA) is 77.1 Å². The summed E-state index contributed by atoms with van der Waals surface area (Å²) in [5, 5.41) is 3.05. The minimum absolute atomic E-state index is 0.0259. The number of benzene rings is 2. The molecule has 1 amide bonds. The summed E-state index contributed by atoms with van der Waals surface area (Å²) in [6, 6.07) is 11.1. The van der Waals surface area contributed by atoms with Crippen molar-refractivity contribution in [3.63, 3.8) is 0 Å². The third kappa shape index (κ3) is 3.60. The first-order valence-corrected chi connectivity index (χ1v) is 8.98. The maximum Gasteiger partial charge on any atom is 0.340 e. The van der Waals surface area contributed by atoms with Crippen LogP contribution >= 0.6 is 0 Å². The number of nitrogens with one attached hydrogen (secondary N) is 1. The zero-order valence-corrected chi connectivity index (χ0v) is 16.4. The second kappa shape index (κ2) is 8.21. The van der Waals surface area contributed by atoms with Gasteiger partial charge in [-0.25, -0.2) is 4.79 Å². The van der Waals surface area contributed by atoms with Crippen LogP contribution in [0.1, 0.15) is 22.8 Å². The van der Waals surface area contributed by atoms with Crippen LogP contribution in [-0.2, 0) is 16.0 Å². The van der Waals surface area contributed by atoms with Crippen LogP contribution in [0.3, 0.4) is 0 Å². The van der Waals surface area contributed by atoms with Gasteiger partial charge >= 0.3 is 5.97 Å². The van der Waals surface area contributed by atoms with Crippen LogP contribution in [0.5, 0.6) is 11.5 Å². The molecule has 0 fully saturated rings. The van der Waals surface area contributed by atoms with Gasteiger partial charge in [-0.1, -0.05) is 18.2 Å². The van der Waals surface area contributed by atoms with E-state index in [0.717, 1.165) is 17.7 Å². The van der Waals surface area contributed by atoms with Gasteiger partial charge in [0.15, 0.2) is 11.5 Å². The lowest BCUT2D eigenvalue weighted by Gasteiger charge is -2.23. The average molecular weight is 384 g/mol. The Morgan fingerprint density at radius 2 is 1.79 bits per heavy atom. The van der Waals surface area contributed by atoms with Crippen LogP contribution in [0.15, 0.2) is 36.4 Å². The molecule has 3 rings (SSSR count). The molecule has 0 aliphatic carbocycles. The number of carbonyl (C=O) groups excluding carboxylic acids is 2. The fourth-order valence-corrected chi connectivity index (χ4v) is 3.51. The van der Waals surface area contributed by atoms with E-state index in [-0.39, 0.29) is 24.1 Å². The molecule has 0 bridgehead atoms. The number of hydrogen-bond acceptors (Lipinski definition) is 6. The summed E-state index contributed by atoms with van der Waals surface area (Å²) in [5.74, 6) is 0.241. The Morgan fingerprint density at radius 1 is 1.11 bits per heavy atom. The van der Waals surface area contributed by atoms with Gasteiger partial charge in [0.1, 0.15) is 0 Å². The first-order chi connectivity index (χ1) is 13.5. The second-order valence-electron chi connectivity index (χ2n) is 6.54. The van der Waals surface area contributed by atoms with E-state index in [1.165, 1.54) is 27.4 Å². The predicted octanol–water partition coefficient (Wildman–Crippen LogP) is 2.88. The van der Waals surface area contributed by atoms with E-state index < -0.39 is 5.97 Å². The van der Waals surface area contributed by atoms with Gasteiger partial charge in [0.2, 0.25) is 5.91 Å². The molecule has 1 aliphatic rings. The molecule has 0 saturated carbocycles. The maximum absolute atomic E-state index is 12.9. The fraction of sp³-hybridized carbons (Fsp3) is 0.333. The Kier molecular flexibility index (Phi) is 5.73. The molecule has 2 aromatic carbocycles. The molecule has 1 N–H and O–H groups in total. The Morgan fingerprint density at radius 3 is 2.46 bits per heavy atom. The van der Waals surface area contributed by atoms with Gasteiger partial charge in [0, 0.05) is 23.9 Å². The molecule has 0 saturated heterocycles. The van der Waals surface area contributed by atoms with Crippen molar-refractivity contribution in [2.45, 2.75) is 19.4 Å². The first-order valence-electron chi connectivity index (χ1n) is 8.98. The molecule has 0 radical (unpaired) electrons. The first kappa shape index (κ1) is 19.5. The summed E-state index contributed by atoms with van der Waals surface area (Å²) in [7, 11) is 4.30. The van der Waals surface area contributed by atoms with Crippen molar-refractivity contribution in [3.8, 4) is 11.5 Å². The van der Waals surface area contributed by atoms with Crippen molar-refractivity contribution in [3.05, 3.63) is 47.5 Å². The number of para-hydroxylation sites is 1. The fourth-order valence-electron chi connectivity index (χ4n) is 3.51. The van der Waals surface area contributed by atoms with Crippen molar-refractivity contribution in [2.24, 2.45) is 0 Å². The second-order valence-corrected chi connectivity index (χ2v) is 6.54. The van der Waals surface area contributed by atoms with Crippen molar-refractivity contribution < 1.29 is 23.8 Å². The van der Waals surface area contributed by atoms with E-state index in [2.05, 4.69) is 5.32 Å². The predicted molar refractivity (Wildman–Crippen MR) is 106 cm³/mol. The Balaban J connectivity index is 1.84. The van der Waals surface area contributed by atoms with Crippen molar-refractivity contribution in [1.82, 2.24) is 0 Å². The highest BCUT2D eigenvalue weighted by Crippen LogP contribution is 2.34. The van der Waals surface area contributed by atoms with Crippen LogP contribution in [-0.4, -0.2) is 45.8 Å². The molecule has 7 heteroatoms. The zero-order valence-electron chi connectivity index (χ0n) is 16.4. The largest absolute Gasteiger partial charge is 0.493 e. The minimum Gasteiger partial charge on any atom is -0.493 e. The van der Waals surface area contributed by atoms with Crippen LogP contribution in [0, 0.1) is 0 Å². The summed E-state index contributed by atoms with van der Waals surface area (Å²) in [6.45, 7) is 2.05. The molecule has 28 heavy (non-hydrogen) atoms. The summed E-state index contributed by atoms with van der Waals surface area (Å²) in [4.78, 5) is 26.9. The van der Waals surface area contributed by atoms with E-state index in [9.17, 15) is 9.59 Å². The highest BCUT2D eigenvalue weighted by atomic mass is 16.5. The zero-order chi connectivity index (χ0) is 20.3. The SMILES string of the molecule is COC(=O)c1cc(OC)c(OC)cc1NCC(=O)N1c2ccccc2C[C@H]1C. The monoisotopic (exact) mass is 384 g/mol. The van der Waals surface area contributed by atoms with Crippen molar-refractivity contribution >= 4 is 23.3 Å². The number of anilines is 2. The molecule has 2 aromatic rings. The van der Waals surface area contributed by atoms with Crippen molar-refractivity contribution in [2.75, 3.05) is 38.1 Å². The Bertz CT molecular complexity index is 896. The molecule has 1 heterocycles. The van der Waals surface area contributed by atoms with Crippen LogP contribution in [0.4, 0.5) is 11.4 Å². The van der Waals surface area contributed by atoms with Gasteiger partial charge in [-0.15, -0.1) is 0 Å². The minimum atomic E-state index is -0.532. The highest BCUT2D eigenvalue weighted by molar-refractivity contribution is 6.01. The van der Waals surface area contributed by atoms with Gasteiger partial charge in [-0.05, 0) is 25.0 Å². The summed E-state index contributed by atoms with van der Waals surface area (Å²) in [5.41, 5.74) is 2.80. The van der Waals surface area contributed by atoms with E-state index >= 15 is 0 Å². The molecular weight excluding hydrogens is 360 g/mol. The van der Waals surface area contributed by atoms with E-state index in [0.29, 0.717) is 17.2 Å². The van der Waals surface area contributed by atoms with Crippen molar-refractivity contribution in [1.29, 1.82) is 0 Å². The van der Waals surface area contributed by atoms with Crippen LogP contribution < -0.4 is 19.7 Å². The van der Waals surface area contributed by atoms with Crippen LogP contribution in [0.25, 0.3) is 0 Å². The summed E-state index contributed by atoms with van der Waals surface area (Å²) >= 11 is 0.